The van der Waals surface area contributed by atoms with E-state index in [1.54, 1.807) is 44.0 Å². The van der Waals surface area contributed by atoms with Gasteiger partial charge in [-0.3, -0.25) is 0 Å². The normalized spacial score (nSPS) is 11.6. The van der Waals surface area contributed by atoms with Gasteiger partial charge in [-0.15, -0.1) is 0 Å². The van der Waals surface area contributed by atoms with Gasteiger partial charge in [0, 0.05) is 0 Å². The van der Waals surface area contributed by atoms with Crippen molar-refractivity contribution in [3.05, 3.63) is 57.6 Å². The second-order valence-corrected chi connectivity index (χ2v) is 16.2. The van der Waals surface area contributed by atoms with Gasteiger partial charge in [-0.2, -0.15) is 0 Å². The maximum Gasteiger partial charge on any atom is -0.0160 e. The molecule has 0 bridgehead atoms. The van der Waals surface area contributed by atoms with Crippen LogP contribution >= 0.6 is 7.92 Å². The fourth-order valence-electron chi connectivity index (χ4n) is 7.18. The summed E-state index contributed by atoms with van der Waals surface area (Å²) < 4.78 is 0. The second kappa shape index (κ2) is 25.0. The largest absolute Gasteiger partial charge is 0.0654 e. The van der Waals surface area contributed by atoms with Crippen molar-refractivity contribution < 1.29 is 0 Å². The first-order chi connectivity index (χ1) is 22.1. The van der Waals surface area contributed by atoms with Crippen LogP contribution in [0.1, 0.15) is 197 Å². The minimum absolute atomic E-state index is 0.363. The van der Waals surface area contributed by atoms with Crippen LogP contribution in [0.25, 0.3) is 0 Å². The van der Waals surface area contributed by atoms with Crippen molar-refractivity contribution in [2.75, 3.05) is 6.16 Å². The maximum atomic E-state index is 2.68. The molecule has 0 atom stereocenters. The van der Waals surface area contributed by atoms with Crippen LogP contribution in [0, 0.1) is 0 Å². The van der Waals surface area contributed by atoms with Crippen LogP contribution in [0.2, 0.25) is 0 Å². The van der Waals surface area contributed by atoms with E-state index in [1.807, 2.05) is 0 Å². The Bertz CT molecular complexity index is 958. The van der Waals surface area contributed by atoms with Gasteiger partial charge in [-0.1, -0.05) is 143 Å². The minimum atomic E-state index is -0.363. The predicted octanol–water partition coefficient (Wildman–Crippen LogP) is 13.5. The fourth-order valence-corrected chi connectivity index (χ4v) is 10.1. The van der Waals surface area contributed by atoms with Gasteiger partial charge in [0.15, 0.2) is 0 Å². The molecule has 0 amide bonds. The third kappa shape index (κ3) is 13.5. The van der Waals surface area contributed by atoms with Gasteiger partial charge < -0.3 is 0 Å². The monoisotopic (exact) mass is 635 g/mol. The smallest absolute Gasteiger partial charge is 0.0160 e. The molecule has 0 saturated heterocycles. The van der Waals surface area contributed by atoms with Crippen LogP contribution in [0.15, 0.2) is 24.3 Å². The van der Waals surface area contributed by atoms with E-state index in [4.69, 9.17) is 0 Å². The molecule has 0 heterocycles. The van der Waals surface area contributed by atoms with Crippen LogP contribution in [0.5, 0.6) is 0 Å². The van der Waals surface area contributed by atoms with Crippen molar-refractivity contribution in [1.29, 1.82) is 0 Å². The standard InChI is InChI=1S/C44H75P/c1-8-15-22-23-24-25-36-45(43-34-32-37(26-16-9-2)39(28-18-11-4)41(43)30-20-13-6)44-35-33-38(27-17-10-3)40(29-19-12-5)42(44)31-21-14-7/h32-35H,8-31,36H2,1-7H3. The van der Waals surface area contributed by atoms with E-state index in [1.165, 1.54) is 160 Å². The Hall–Kier alpha value is -1.13. The maximum absolute atomic E-state index is 2.68. The van der Waals surface area contributed by atoms with E-state index in [0.29, 0.717) is 0 Å². The lowest BCUT2D eigenvalue weighted by Crippen LogP contribution is -2.25. The molecule has 0 spiro atoms. The number of unbranched alkanes of at least 4 members (excludes halogenated alkanes) is 11. The number of hydrogen-bond donors (Lipinski definition) is 0. The first-order valence-electron chi connectivity index (χ1n) is 20.2. The molecular weight excluding hydrogens is 559 g/mol. The van der Waals surface area contributed by atoms with Crippen molar-refractivity contribution in [2.24, 2.45) is 0 Å². The highest BCUT2D eigenvalue weighted by molar-refractivity contribution is 7.73. The zero-order valence-corrected chi connectivity index (χ0v) is 32.3. The van der Waals surface area contributed by atoms with Crippen LogP contribution in [-0.2, 0) is 38.5 Å². The van der Waals surface area contributed by atoms with Gasteiger partial charge in [0.05, 0.1) is 0 Å². The molecule has 0 nitrogen and oxygen atoms in total. The summed E-state index contributed by atoms with van der Waals surface area (Å²) in [6, 6.07) is 10.6. The van der Waals surface area contributed by atoms with Crippen molar-refractivity contribution >= 4 is 18.5 Å². The molecule has 0 aliphatic rings. The molecule has 45 heavy (non-hydrogen) atoms. The Morgan fingerprint density at radius 1 is 0.333 bits per heavy atom. The number of hydrogen-bond acceptors (Lipinski definition) is 0. The van der Waals surface area contributed by atoms with Crippen LogP contribution in [0.4, 0.5) is 0 Å². The highest BCUT2D eigenvalue weighted by Gasteiger charge is 2.25. The van der Waals surface area contributed by atoms with Crippen LogP contribution < -0.4 is 10.6 Å². The predicted molar refractivity (Wildman–Crippen MR) is 209 cm³/mol. The molecule has 2 aromatic carbocycles. The molecule has 0 aliphatic heterocycles. The lowest BCUT2D eigenvalue weighted by atomic mass is 9.90. The van der Waals surface area contributed by atoms with Crippen LogP contribution in [-0.4, -0.2) is 6.16 Å². The molecule has 0 radical (unpaired) electrons. The summed E-state index contributed by atoms with van der Waals surface area (Å²) in [5, 5.41) is 3.55. The van der Waals surface area contributed by atoms with E-state index in [-0.39, 0.29) is 7.92 Å². The Kier molecular flexibility index (Phi) is 22.2. The molecule has 2 aromatic rings. The summed E-state index contributed by atoms with van der Waals surface area (Å²) in [7, 11) is -0.363. The third-order valence-corrected chi connectivity index (χ3v) is 12.8. The van der Waals surface area contributed by atoms with E-state index in [0.717, 1.165) is 0 Å². The zero-order chi connectivity index (χ0) is 32.7. The van der Waals surface area contributed by atoms with Crippen molar-refractivity contribution in [3.63, 3.8) is 0 Å². The topological polar surface area (TPSA) is 0 Å². The molecule has 0 aromatic heterocycles. The number of benzene rings is 2. The lowest BCUT2D eigenvalue weighted by Gasteiger charge is -2.29. The Morgan fingerprint density at radius 3 is 1.07 bits per heavy atom. The average molecular weight is 635 g/mol. The van der Waals surface area contributed by atoms with Gasteiger partial charge in [0.25, 0.3) is 0 Å². The zero-order valence-electron chi connectivity index (χ0n) is 31.4. The second-order valence-electron chi connectivity index (χ2n) is 13.9. The molecule has 0 unspecified atom stereocenters. The highest BCUT2D eigenvalue weighted by Crippen LogP contribution is 2.41. The van der Waals surface area contributed by atoms with Gasteiger partial charge >= 0.3 is 0 Å². The van der Waals surface area contributed by atoms with Crippen molar-refractivity contribution in [3.8, 4) is 0 Å². The van der Waals surface area contributed by atoms with Crippen molar-refractivity contribution in [1.82, 2.24) is 0 Å². The van der Waals surface area contributed by atoms with Crippen molar-refractivity contribution in [2.45, 2.75) is 203 Å². The van der Waals surface area contributed by atoms with Gasteiger partial charge in [0.1, 0.15) is 0 Å². The average Bonchev–Trinajstić information content (AvgIpc) is 3.06. The lowest BCUT2D eigenvalue weighted by molar-refractivity contribution is 0.626. The first-order valence-corrected chi connectivity index (χ1v) is 21.7. The van der Waals surface area contributed by atoms with Gasteiger partial charge in [-0.25, -0.2) is 0 Å². The summed E-state index contributed by atoms with van der Waals surface area (Å²) in [6.07, 6.45) is 33.1. The molecule has 2 rings (SSSR count). The fraction of sp³-hybridized carbons (Fsp3) is 0.727. The summed E-state index contributed by atoms with van der Waals surface area (Å²) in [4.78, 5) is 0. The molecule has 0 saturated carbocycles. The van der Waals surface area contributed by atoms with Gasteiger partial charge in [-0.05, 0) is 142 Å². The SMILES string of the molecule is CCCCCCCCP(c1ccc(CCCC)c(CCCC)c1CCCC)c1ccc(CCCC)c(CCCC)c1CCCC. The van der Waals surface area contributed by atoms with E-state index < -0.39 is 0 Å². The summed E-state index contributed by atoms with van der Waals surface area (Å²) in [5.74, 6) is 0. The summed E-state index contributed by atoms with van der Waals surface area (Å²) >= 11 is 0. The van der Waals surface area contributed by atoms with Crippen LogP contribution in [0.3, 0.4) is 0 Å². The highest BCUT2D eigenvalue weighted by atomic mass is 31.1. The molecule has 1 heteroatoms. The Labute approximate surface area is 284 Å². The van der Waals surface area contributed by atoms with Gasteiger partial charge in [0.2, 0.25) is 0 Å². The molecule has 0 aliphatic carbocycles. The molecule has 0 N–H and O–H groups in total. The molecule has 256 valence electrons. The third-order valence-electron chi connectivity index (χ3n) is 10.0. The Morgan fingerprint density at radius 2 is 0.667 bits per heavy atom. The molecular formula is C44H75P. The van der Waals surface area contributed by atoms with E-state index >= 15 is 0 Å². The minimum Gasteiger partial charge on any atom is -0.0654 e. The number of aryl methyl sites for hydroxylation is 2. The summed E-state index contributed by atoms with van der Waals surface area (Å²) in [6.45, 7) is 16.6. The Balaban J connectivity index is 2.80. The first kappa shape index (κ1) is 40.0. The van der Waals surface area contributed by atoms with E-state index in [2.05, 4.69) is 72.7 Å². The quantitative estimate of drug-likeness (QED) is 0.0677. The number of rotatable bonds is 27. The summed E-state index contributed by atoms with van der Waals surface area (Å²) in [5.41, 5.74) is 10.5. The van der Waals surface area contributed by atoms with E-state index in [9.17, 15) is 0 Å². The molecule has 0 fully saturated rings.